The molecular weight excluding hydrogens is 267 g/mol. The highest BCUT2D eigenvalue weighted by Crippen LogP contribution is 2.39. The van der Waals surface area contributed by atoms with Gasteiger partial charge < -0.3 is 5.73 Å². The monoisotopic (exact) mass is 279 g/mol. The van der Waals surface area contributed by atoms with Crippen molar-refractivity contribution in [3.05, 3.63) is 41.7 Å². The van der Waals surface area contributed by atoms with Crippen LogP contribution in [0.2, 0.25) is 0 Å². The molecule has 20 heavy (non-hydrogen) atoms. The summed E-state index contributed by atoms with van der Waals surface area (Å²) in [5.41, 5.74) is 6.22. The SMILES string of the molecule is Nc1cc(-c2ccc(C(F)(F)F)cc2)nc(C2CC2)n1. The summed E-state index contributed by atoms with van der Waals surface area (Å²) in [6, 6.07) is 6.48. The Labute approximate surface area is 113 Å². The average Bonchev–Trinajstić information content (AvgIpc) is 3.21. The van der Waals surface area contributed by atoms with E-state index in [1.54, 1.807) is 6.07 Å². The molecule has 0 saturated heterocycles. The minimum atomic E-state index is -4.33. The van der Waals surface area contributed by atoms with Crippen LogP contribution in [0.1, 0.15) is 30.1 Å². The van der Waals surface area contributed by atoms with Gasteiger partial charge in [-0.1, -0.05) is 12.1 Å². The van der Waals surface area contributed by atoms with E-state index in [1.165, 1.54) is 12.1 Å². The lowest BCUT2D eigenvalue weighted by atomic mass is 10.1. The van der Waals surface area contributed by atoms with Crippen LogP contribution < -0.4 is 5.73 Å². The highest BCUT2D eigenvalue weighted by Gasteiger charge is 2.30. The Morgan fingerprint density at radius 3 is 2.25 bits per heavy atom. The first-order valence-electron chi connectivity index (χ1n) is 6.25. The molecule has 3 rings (SSSR count). The molecule has 0 atom stereocenters. The number of anilines is 1. The largest absolute Gasteiger partial charge is 0.416 e. The number of nitrogens with two attached hydrogens (primary N) is 1. The minimum Gasteiger partial charge on any atom is -0.384 e. The van der Waals surface area contributed by atoms with Crippen molar-refractivity contribution in [1.82, 2.24) is 9.97 Å². The molecule has 0 bridgehead atoms. The molecule has 1 fully saturated rings. The van der Waals surface area contributed by atoms with Crippen LogP contribution in [-0.4, -0.2) is 9.97 Å². The molecule has 0 spiro atoms. The third-order valence-corrected chi connectivity index (χ3v) is 3.21. The van der Waals surface area contributed by atoms with Crippen molar-refractivity contribution in [2.75, 3.05) is 5.73 Å². The Balaban J connectivity index is 1.96. The van der Waals surface area contributed by atoms with E-state index in [9.17, 15) is 13.2 Å². The predicted molar refractivity (Wildman–Crippen MR) is 68.9 cm³/mol. The zero-order valence-corrected chi connectivity index (χ0v) is 10.5. The summed E-state index contributed by atoms with van der Waals surface area (Å²) in [6.45, 7) is 0. The van der Waals surface area contributed by atoms with Gasteiger partial charge in [-0.25, -0.2) is 9.97 Å². The highest BCUT2D eigenvalue weighted by molar-refractivity contribution is 5.62. The van der Waals surface area contributed by atoms with Crippen molar-refractivity contribution < 1.29 is 13.2 Å². The molecule has 1 saturated carbocycles. The number of nitrogens with zero attached hydrogens (tertiary/aromatic N) is 2. The van der Waals surface area contributed by atoms with E-state index < -0.39 is 11.7 Å². The second kappa shape index (κ2) is 4.47. The Kier molecular flexibility index (Phi) is 2.88. The number of aromatic nitrogens is 2. The Bertz CT molecular complexity index is 631. The molecule has 1 aliphatic carbocycles. The van der Waals surface area contributed by atoms with E-state index in [2.05, 4.69) is 9.97 Å². The molecule has 2 aromatic rings. The summed E-state index contributed by atoms with van der Waals surface area (Å²) in [7, 11) is 0. The smallest absolute Gasteiger partial charge is 0.384 e. The number of halogens is 3. The van der Waals surface area contributed by atoms with E-state index in [-0.39, 0.29) is 0 Å². The molecule has 3 nitrogen and oxygen atoms in total. The van der Waals surface area contributed by atoms with Crippen LogP contribution in [0.3, 0.4) is 0 Å². The molecule has 1 heterocycles. The summed E-state index contributed by atoms with van der Waals surface area (Å²) in [5.74, 6) is 1.36. The van der Waals surface area contributed by atoms with E-state index >= 15 is 0 Å². The van der Waals surface area contributed by atoms with E-state index in [4.69, 9.17) is 5.73 Å². The van der Waals surface area contributed by atoms with E-state index in [1.807, 2.05) is 0 Å². The van der Waals surface area contributed by atoms with Crippen molar-refractivity contribution in [2.45, 2.75) is 24.9 Å². The van der Waals surface area contributed by atoms with Crippen molar-refractivity contribution >= 4 is 5.82 Å². The highest BCUT2D eigenvalue weighted by atomic mass is 19.4. The van der Waals surface area contributed by atoms with Gasteiger partial charge >= 0.3 is 6.18 Å². The molecule has 104 valence electrons. The van der Waals surface area contributed by atoms with Crippen molar-refractivity contribution in [2.24, 2.45) is 0 Å². The van der Waals surface area contributed by atoms with Crippen LogP contribution >= 0.6 is 0 Å². The summed E-state index contributed by atoms with van der Waals surface area (Å²) < 4.78 is 37.6. The third kappa shape index (κ3) is 2.59. The first-order chi connectivity index (χ1) is 9.43. The van der Waals surface area contributed by atoms with Crippen LogP contribution in [0.15, 0.2) is 30.3 Å². The fourth-order valence-corrected chi connectivity index (χ4v) is 1.99. The first-order valence-corrected chi connectivity index (χ1v) is 6.25. The van der Waals surface area contributed by atoms with E-state index in [0.717, 1.165) is 25.0 Å². The topological polar surface area (TPSA) is 51.8 Å². The maximum absolute atomic E-state index is 12.5. The van der Waals surface area contributed by atoms with Gasteiger partial charge in [-0.15, -0.1) is 0 Å². The molecule has 1 aromatic carbocycles. The van der Waals surface area contributed by atoms with Gasteiger partial charge in [-0.2, -0.15) is 13.2 Å². The number of rotatable bonds is 2. The van der Waals surface area contributed by atoms with Crippen molar-refractivity contribution in [3.63, 3.8) is 0 Å². The van der Waals surface area contributed by atoms with E-state index in [0.29, 0.717) is 28.8 Å². The van der Waals surface area contributed by atoms with Gasteiger partial charge in [-0.05, 0) is 25.0 Å². The average molecular weight is 279 g/mol. The molecule has 0 amide bonds. The van der Waals surface area contributed by atoms with Crippen molar-refractivity contribution in [1.29, 1.82) is 0 Å². The molecule has 1 aliphatic rings. The quantitative estimate of drug-likeness (QED) is 0.913. The molecule has 1 aromatic heterocycles. The van der Waals surface area contributed by atoms with Crippen LogP contribution in [-0.2, 0) is 6.18 Å². The van der Waals surface area contributed by atoms with Gasteiger partial charge in [0.05, 0.1) is 11.3 Å². The molecular formula is C14H12F3N3. The van der Waals surface area contributed by atoms with Crippen LogP contribution in [0.5, 0.6) is 0 Å². The lowest BCUT2D eigenvalue weighted by Gasteiger charge is -2.08. The van der Waals surface area contributed by atoms with Gasteiger partial charge in [0.2, 0.25) is 0 Å². The summed E-state index contributed by atoms with van der Waals surface area (Å²) in [5, 5.41) is 0. The van der Waals surface area contributed by atoms with Gasteiger partial charge in [0.15, 0.2) is 0 Å². The summed E-state index contributed by atoms with van der Waals surface area (Å²) in [6.07, 6.45) is -2.26. The number of nitrogen functional groups attached to an aromatic ring is 1. The summed E-state index contributed by atoms with van der Waals surface area (Å²) in [4.78, 5) is 8.55. The fraction of sp³-hybridized carbons (Fsp3) is 0.286. The molecule has 0 unspecified atom stereocenters. The number of alkyl halides is 3. The normalized spacial score (nSPS) is 15.3. The van der Waals surface area contributed by atoms with Gasteiger partial charge in [0, 0.05) is 17.5 Å². The second-order valence-corrected chi connectivity index (χ2v) is 4.89. The number of benzene rings is 1. The standard InChI is InChI=1S/C14H12F3N3/c15-14(16,17)10-5-3-8(4-6-10)11-7-12(18)20-13(19-11)9-1-2-9/h3-7,9H,1-2H2,(H2,18,19,20). The molecule has 0 aliphatic heterocycles. The molecule has 2 N–H and O–H groups in total. The second-order valence-electron chi connectivity index (χ2n) is 4.89. The van der Waals surface area contributed by atoms with Gasteiger partial charge in [0.1, 0.15) is 11.6 Å². The Hall–Kier alpha value is -2.11. The molecule has 0 radical (unpaired) electrons. The maximum Gasteiger partial charge on any atom is 0.416 e. The lowest BCUT2D eigenvalue weighted by Crippen LogP contribution is -2.04. The van der Waals surface area contributed by atoms with Crippen LogP contribution in [0, 0.1) is 0 Å². The number of hydrogen-bond donors (Lipinski definition) is 1. The fourth-order valence-electron chi connectivity index (χ4n) is 1.99. The Morgan fingerprint density at radius 2 is 1.70 bits per heavy atom. The lowest BCUT2D eigenvalue weighted by molar-refractivity contribution is -0.137. The summed E-state index contributed by atoms with van der Waals surface area (Å²) >= 11 is 0. The van der Waals surface area contributed by atoms with Gasteiger partial charge in [0.25, 0.3) is 0 Å². The third-order valence-electron chi connectivity index (χ3n) is 3.21. The van der Waals surface area contributed by atoms with Gasteiger partial charge in [-0.3, -0.25) is 0 Å². The van der Waals surface area contributed by atoms with Crippen LogP contribution in [0.25, 0.3) is 11.3 Å². The minimum absolute atomic E-state index is 0.340. The Morgan fingerprint density at radius 1 is 1.05 bits per heavy atom. The zero-order chi connectivity index (χ0) is 14.3. The first kappa shape index (κ1) is 12.9. The predicted octanol–water partition coefficient (Wildman–Crippen LogP) is 3.62. The van der Waals surface area contributed by atoms with Crippen LogP contribution in [0.4, 0.5) is 19.0 Å². The number of hydrogen-bond acceptors (Lipinski definition) is 3. The molecule has 6 heteroatoms. The van der Waals surface area contributed by atoms with Crippen molar-refractivity contribution in [3.8, 4) is 11.3 Å². The zero-order valence-electron chi connectivity index (χ0n) is 10.5. The maximum atomic E-state index is 12.5.